The van der Waals surface area contributed by atoms with Crippen LogP contribution in [0.2, 0.25) is 0 Å². The van der Waals surface area contributed by atoms with E-state index >= 15 is 0 Å². The number of methoxy groups -OCH3 is 4. The summed E-state index contributed by atoms with van der Waals surface area (Å²) in [6, 6.07) is 11.2. The number of nitrogens with zero attached hydrogens (tertiary/aromatic N) is 2. The topological polar surface area (TPSA) is 78.5 Å². The van der Waals surface area contributed by atoms with Gasteiger partial charge >= 0.3 is 0 Å². The van der Waals surface area contributed by atoms with Gasteiger partial charge in [0.15, 0.2) is 11.5 Å². The Hall–Kier alpha value is -3.22. The Bertz CT molecular complexity index is 859. The second-order valence-electron chi connectivity index (χ2n) is 5.16. The molecule has 1 N–H and O–H groups in total. The van der Waals surface area contributed by atoms with Crippen molar-refractivity contribution in [3.8, 4) is 45.5 Å². The van der Waals surface area contributed by atoms with Crippen molar-refractivity contribution in [1.29, 1.82) is 0 Å². The smallest absolute Gasteiger partial charge is 0.170 e. The predicted molar refractivity (Wildman–Crippen MR) is 93.5 cm³/mol. The Labute approximate surface area is 145 Å². The molecule has 0 saturated heterocycles. The van der Waals surface area contributed by atoms with Crippen molar-refractivity contribution < 1.29 is 18.9 Å². The molecule has 0 aliphatic rings. The van der Waals surface area contributed by atoms with E-state index in [9.17, 15) is 0 Å². The minimum atomic E-state index is 0.556. The average molecular weight is 341 g/mol. The SMILES string of the molecule is COc1ccc(-c2n[nH]nc2-c2cc(OC)cc(OC)c2OC)cc1. The maximum absolute atomic E-state index is 5.54. The van der Waals surface area contributed by atoms with Crippen LogP contribution in [0, 0.1) is 0 Å². The van der Waals surface area contributed by atoms with Crippen LogP contribution in [0.5, 0.6) is 23.0 Å². The van der Waals surface area contributed by atoms with Gasteiger partial charge in [-0.3, -0.25) is 0 Å². The second kappa shape index (κ2) is 7.12. The molecule has 3 aromatic rings. The van der Waals surface area contributed by atoms with Crippen LogP contribution >= 0.6 is 0 Å². The van der Waals surface area contributed by atoms with Crippen molar-refractivity contribution >= 4 is 0 Å². The zero-order valence-electron chi connectivity index (χ0n) is 14.5. The third kappa shape index (κ3) is 3.08. The summed E-state index contributed by atoms with van der Waals surface area (Å²) >= 11 is 0. The van der Waals surface area contributed by atoms with Crippen molar-refractivity contribution in [2.45, 2.75) is 0 Å². The molecule has 0 fully saturated rings. The van der Waals surface area contributed by atoms with Crippen LogP contribution in [0.25, 0.3) is 22.5 Å². The van der Waals surface area contributed by atoms with Crippen molar-refractivity contribution in [3.05, 3.63) is 36.4 Å². The molecule has 0 unspecified atom stereocenters. The van der Waals surface area contributed by atoms with Crippen LogP contribution < -0.4 is 18.9 Å². The summed E-state index contributed by atoms with van der Waals surface area (Å²) in [6.45, 7) is 0. The third-order valence-corrected chi connectivity index (χ3v) is 3.85. The maximum atomic E-state index is 5.54. The molecule has 0 bridgehead atoms. The molecule has 0 saturated carbocycles. The van der Waals surface area contributed by atoms with E-state index in [-0.39, 0.29) is 0 Å². The Kier molecular flexibility index (Phi) is 4.74. The van der Waals surface area contributed by atoms with Gasteiger partial charge in [-0.15, -0.1) is 0 Å². The first kappa shape index (κ1) is 16.6. The highest BCUT2D eigenvalue weighted by molar-refractivity contribution is 5.83. The van der Waals surface area contributed by atoms with Crippen LogP contribution in [-0.2, 0) is 0 Å². The van der Waals surface area contributed by atoms with Gasteiger partial charge < -0.3 is 18.9 Å². The normalized spacial score (nSPS) is 10.4. The third-order valence-electron chi connectivity index (χ3n) is 3.85. The molecule has 0 atom stereocenters. The highest BCUT2D eigenvalue weighted by atomic mass is 16.5. The lowest BCUT2D eigenvalue weighted by Crippen LogP contribution is -1.96. The Morgan fingerprint density at radius 3 is 2.00 bits per heavy atom. The predicted octanol–water partition coefficient (Wildman–Crippen LogP) is 3.17. The number of rotatable bonds is 6. The first-order valence-corrected chi connectivity index (χ1v) is 7.57. The second-order valence-corrected chi connectivity index (χ2v) is 5.16. The molecule has 2 aromatic carbocycles. The van der Waals surface area contributed by atoms with Gasteiger partial charge in [-0.1, -0.05) is 0 Å². The van der Waals surface area contributed by atoms with E-state index in [0.717, 1.165) is 16.9 Å². The molecular weight excluding hydrogens is 322 g/mol. The minimum absolute atomic E-state index is 0.556. The molecule has 130 valence electrons. The highest BCUT2D eigenvalue weighted by Gasteiger charge is 2.21. The largest absolute Gasteiger partial charge is 0.497 e. The molecule has 25 heavy (non-hydrogen) atoms. The molecule has 7 heteroatoms. The summed E-state index contributed by atoms with van der Waals surface area (Å²) in [4.78, 5) is 0. The number of benzene rings is 2. The zero-order valence-corrected chi connectivity index (χ0v) is 14.5. The molecule has 3 rings (SSSR count). The fraction of sp³-hybridized carbons (Fsp3) is 0.222. The number of aromatic amines is 1. The van der Waals surface area contributed by atoms with E-state index in [1.54, 1.807) is 34.5 Å². The minimum Gasteiger partial charge on any atom is -0.497 e. The average Bonchev–Trinajstić information content (AvgIpc) is 3.16. The van der Waals surface area contributed by atoms with Gasteiger partial charge in [-0.2, -0.15) is 15.4 Å². The fourth-order valence-corrected chi connectivity index (χ4v) is 2.60. The lowest BCUT2D eigenvalue weighted by molar-refractivity contribution is 0.350. The van der Waals surface area contributed by atoms with Gasteiger partial charge in [0.2, 0.25) is 0 Å². The van der Waals surface area contributed by atoms with Gasteiger partial charge in [-0.25, -0.2) is 0 Å². The number of hydrogen-bond donors (Lipinski definition) is 1. The molecule has 0 aliphatic heterocycles. The van der Waals surface area contributed by atoms with Gasteiger partial charge in [0.25, 0.3) is 0 Å². The van der Waals surface area contributed by atoms with Crippen LogP contribution in [0.1, 0.15) is 0 Å². The molecule has 0 spiro atoms. The van der Waals surface area contributed by atoms with Crippen LogP contribution in [0.15, 0.2) is 36.4 Å². The van der Waals surface area contributed by atoms with E-state index < -0.39 is 0 Å². The zero-order chi connectivity index (χ0) is 17.8. The number of H-pyrrole nitrogens is 1. The van der Waals surface area contributed by atoms with E-state index in [4.69, 9.17) is 18.9 Å². The lowest BCUT2D eigenvalue weighted by atomic mass is 10.0. The lowest BCUT2D eigenvalue weighted by Gasteiger charge is -2.14. The summed E-state index contributed by atoms with van der Waals surface area (Å²) in [5, 5.41) is 11.3. The standard InChI is InChI=1S/C18H19N3O4/c1-22-12-7-5-11(6-8-12)16-17(20-21-19-16)14-9-13(23-2)10-15(24-3)18(14)25-4/h5-10H,1-4H3,(H,19,20,21). The van der Waals surface area contributed by atoms with Crippen molar-refractivity contribution in [2.75, 3.05) is 28.4 Å². The quantitative estimate of drug-likeness (QED) is 0.742. The summed E-state index contributed by atoms with van der Waals surface area (Å²) in [5.41, 5.74) is 2.95. The first-order chi connectivity index (χ1) is 12.2. The van der Waals surface area contributed by atoms with Gasteiger partial charge in [-0.05, 0) is 30.3 Å². The van der Waals surface area contributed by atoms with Crippen LogP contribution in [0.4, 0.5) is 0 Å². The Morgan fingerprint density at radius 2 is 1.40 bits per heavy atom. The van der Waals surface area contributed by atoms with E-state index in [1.165, 1.54) is 0 Å². The molecule has 1 heterocycles. The molecule has 7 nitrogen and oxygen atoms in total. The summed E-state index contributed by atoms with van der Waals surface area (Å²) in [6.07, 6.45) is 0. The van der Waals surface area contributed by atoms with Crippen molar-refractivity contribution in [1.82, 2.24) is 15.4 Å². The number of nitrogens with one attached hydrogen (secondary N) is 1. The highest BCUT2D eigenvalue weighted by Crippen LogP contribution is 2.43. The Morgan fingerprint density at radius 1 is 0.720 bits per heavy atom. The van der Waals surface area contributed by atoms with Gasteiger partial charge in [0, 0.05) is 11.6 Å². The van der Waals surface area contributed by atoms with Crippen LogP contribution in [0.3, 0.4) is 0 Å². The van der Waals surface area contributed by atoms with Crippen LogP contribution in [-0.4, -0.2) is 43.8 Å². The summed E-state index contributed by atoms with van der Waals surface area (Å²) in [7, 11) is 6.39. The number of ether oxygens (including phenoxy) is 4. The van der Waals surface area contributed by atoms with Gasteiger partial charge in [0.05, 0.1) is 34.0 Å². The molecule has 0 amide bonds. The fourth-order valence-electron chi connectivity index (χ4n) is 2.60. The summed E-state index contributed by atoms with van der Waals surface area (Å²) < 4.78 is 21.5. The Balaban J connectivity index is 2.16. The van der Waals surface area contributed by atoms with E-state index in [2.05, 4.69) is 15.4 Å². The molecule has 1 aromatic heterocycles. The monoisotopic (exact) mass is 341 g/mol. The number of aromatic nitrogens is 3. The first-order valence-electron chi connectivity index (χ1n) is 7.57. The van der Waals surface area contributed by atoms with E-state index in [0.29, 0.717) is 28.6 Å². The van der Waals surface area contributed by atoms with Crippen molar-refractivity contribution in [3.63, 3.8) is 0 Å². The molecular formula is C18H19N3O4. The van der Waals surface area contributed by atoms with Gasteiger partial charge in [0.1, 0.15) is 22.9 Å². The van der Waals surface area contributed by atoms with Crippen molar-refractivity contribution in [2.24, 2.45) is 0 Å². The maximum Gasteiger partial charge on any atom is 0.170 e. The number of hydrogen-bond acceptors (Lipinski definition) is 6. The molecule has 0 aliphatic carbocycles. The summed E-state index contributed by atoms with van der Waals surface area (Å²) in [5.74, 6) is 2.53. The molecule has 0 radical (unpaired) electrons. The van der Waals surface area contributed by atoms with E-state index in [1.807, 2.05) is 30.3 Å².